The van der Waals surface area contributed by atoms with Gasteiger partial charge in [0, 0.05) is 34.5 Å². The van der Waals surface area contributed by atoms with E-state index in [4.69, 9.17) is 11.6 Å². The Morgan fingerprint density at radius 1 is 1.20 bits per heavy atom. The number of benzene rings is 2. The van der Waals surface area contributed by atoms with Gasteiger partial charge < -0.3 is 4.57 Å². The molecule has 2 aromatic carbocycles. The molecule has 0 atom stereocenters. The van der Waals surface area contributed by atoms with Crippen LogP contribution in [0.25, 0.3) is 5.69 Å². The third-order valence-electron chi connectivity index (χ3n) is 4.11. The highest BCUT2D eigenvalue weighted by Crippen LogP contribution is 2.30. The van der Waals surface area contributed by atoms with Gasteiger partial charge in [-0.3, -0.25) is 15.1 Å². The molecule has 25 heavy (non-hydrogen) atoms. The predicted molar refractivity (Wildman–Crippen MR) is 95.8 cm³/mol. The fraction of sp³-hybridized carbons (Fsp3) is 0.111. The Balaban J connectivity index is 2.02. The van der Waals surface area contributed by atoms with Crippen molar-refractivity contribution in [3.63, 3.8) is 0 Å². The molecule has 1 aliphatic heterocycles. The number of halogens is 1. The van der Waals surface area contributed by atoms with Gasteiger partial charge in [-0.05, 0) is 19.1 Å². The Hall–Kier alpha value is -2.99. The lowest BCUT2D eigenvalue weighted by atomic mass is 9.99. The van der Waals surface area contributed by atoms with Crippen LogP contribution in [0.2, 0.25) is 5.02 Å². The summed E-state index contributed by atoms with van der Waals surface area (Å²) in [6.45, 7) is 2.28. The second kappa shape index (κ2) is 5.82. The van der Waals surface area contributed by atoms with Crippen molar-refractivity contribution in [3.05, 3.63) is 86.4 Å². The van der Waals surface area contributed by atoms with Crippen LogP contribution >= 0.6 is 11.6 Å². The molecular weight excluding hydrogens is 340 g/mol. The maximum absolute atomic E-state index is 11.3. The highest BCUT2D eigenvalue weighted by atomic mass is 35.5. The molecule has 124 valence electrons. The van der Waals surface area contributed by atoms with E-state index in [9.17, 15) is 10.1 Å². The zero-order valence-corrected chi connectivity index (χ0v) is 14.1. The quantitative estimate of drug-likeness (QED) is 0.515. The van der Waals surface area contributed by atoms with Crippen molar-refractivity contribution in [2.45, 2.75) is 13.5 Å². The van der Waals surface area contributed by atoms with Crippen molar-refractivity contribution in [1.82, 2.24) is 9.55 Å². The first-order chi connectivity index (χ1) is 12.0. The standard InChI is InChI=1S/C18H13ClN4O2/c1-11-10-22-16-7-6-12(23(24)25)8-14(16)18(20-9-17(22)21-11)13-4-2-3-5-15(13)19/h2-8,10H,9H2,1H3. The first kappa shape index (κ1) is 15.5. The highest BCUT2D eigenvalue weighted by molar-refractivity contribution is 6.35. The van der Waals surface area contributed by atoms with E-state index in [0.717, 1.165) is 22.8 Å². The summed E-state index contributed by atoms with van der Waals surface area (Å²) in [5.74, 6) is 0.787. The smallest absolute Gasteiger partial charge is 0.270 e. The van der Waals surface area contributed by atoms with Crippen LogP contribution in [0.15, 0.2) is 53.7 Å². The Labute approximate surface area is 148 Å². The molecule has 0 N–H and O–H groups in total. The lowest BCUT2D eigenvalue weighted by Crippen LogP contribution is -2.08. The molecule has 0 saturated heterocycles. The first-order valence-corrected chi connectivity index (χ1v) is 8.06. The van der Waals surface area contributed by atoms with Crippen molar-refractivity contribution < 1.29 is 4.92 Å². The monoisotopic (exact) mass is 352 g/mol. The van der Waals surface area contributed by atoms with Crippen LogP contribution in [0.5, 0.6) is 0 Å². The normalized spacial score (nSPS) is 12.8. The van der Waals surface area contributed by atoms with Gasteiger partial charge in [-0.1, -0.05) is 29.8 Å². The lowest BCUT2D eigenvalue weighted by Gasteiger charge is -2.12. The molecule has 0 fully saturated rings. The van der Waals surface area contributed by atoms with E-state index in [0.29, 0.717) is 22.8 Å². The number of rotatable bonds is 2. The third kappa shape index (κ3) is 2.60. The van der Waals surface area contributed by atoms with E-state index in [1.807, 2.05) is 35.9 Å². The summed E-state index contributed by atoms with van der Waals surface area (Å²) in [5, 5.41) is 11.8. The van der Waals surface area contributed by atoms with Crippen LogP contribution in [0.1, 0.15) is 22.6 Å². The number of imidazole rings is 1. The number of nitro groups is 1. The highest BCUT2D eigenvalue weighted by Gasteiger charge is 2.23. The van der Waals surface area contributed by atoms with Crippen molar-refractivity contribution in [1.29, 1.82) is 0 Å². The van der Waals surface area contributed by atoms with E-state index in [2.05, 4.69) is 9.98 Å². The van der Waals surface area contributed by atoms with Gasteiger partial charge in [-0.2, -0.15) is 0 Å². The van der Waals surface area contributed by atoms with Crippen molar-refractivity contribution in [3.8, 4) is 5.69 Å². The fourth-order valence-electron chi connectivity index (χ4n) is 3.02. The zero-order valence-electron chi connectivity index (χ0n) is 13.3. The van der Waals surface area contributed by atoms with E-state index < -0.39 is 4.92 Å². The maximum atomic E-state index is 11.3. The number of hydrogen-bond donors (Lipinski definition) is 0. The van der Waals surface area contributed by atoms with Gasteiger partial charge in [-0.25, -0.2) is 4.98 Å². The number of non-ortho nitro benzene ring substituents is 1. The Bertz CT molecular complexity index is 1040. The largest absolute Gasteiger partial charge is 0.301 e. The molecular formula is C18H13ClN4O2. The van der Waals surface area contributed by atoms with Crippen LogP contribution in [0.3, 0.4) is 0 Å². The number of nitro benzene ring substituents is 1. The molecule has 3 aromatic rings. The number of aromatic nitrogens is 2. The fourth-order valence-corrected chi connectivity index (χ4v) is 3.25. The summed E-state index contributed by atoms with van der Waals surface area (Å²) < 4.78 is 1.93. The second-order valence-corrected chi connectivity index (χ2v) is 6.18. The van der Waals surface area contributed by atoms with Crippen LogP contribution in [0.4, 0.5) is 5.69 Å². The number of aliphatic imine (C=N–C) groups is 1. The Kier molecular flexibility index (Phi) is 3.62. The van der Waals surface area contributed by atoms with Gasteiger partial charge in [0.2, 0.25) is 0 Å². The van der Waals surface area contributed by atoms with Gasteiger partial charge in [-0.15, -0.1) is 0 Å². The van der Waals surface area contributed by atoms with E-state index in [1.54, 1.807) is 18.2 Å². The van der Waals surface area contributed by atoms with Gasteiger partial charge >= 0.3 is 0 Å². The molecule has 0 spiro atoms. The van der Waals surface area contributed by atoms with E-state index >= 15 is 0 Å². The summed E-state index contributed by atoms with van der Waals surface area (Å²) >= 11 is 6.35. The first-order valence-electron chi connectivity index (χ1n) is 7.68. The summed E-state index contributed by atoms with van der Waals surface area (Å²) in [5.41, 5.74) is 3.73. The number of aryl methyl sites for hydroxylation is 1. The minimum atomic E-state index is -0.407. The second-order valence-electron chi connectivity index (χ2n) is 5.77. The molecule has 0 amide bonds. The van der Waals surface area contributed by atoms with Crippen molar-refractivity contribution in [2.24, 2.45) is 4.99 Å². The number of fused-ring (bicyclic) bond motifs is 3. The molecule has 1 aromatic heterocycles. The topological polar surface area (TPSA) is 73.3 Å². The summed E-state index contributed by atoms with van der Waals surface area (Å²) in [6.07, 6.45) is 1.91. The molecule has 0 radical (unpaired) electrons. The molecule has 7 heteroatoms. The minimum Gasteiger partial charge on any atom is -0.301 e. The number of nitrogens with zero attached hydrogens (tertiary/aromatic N) is 4. The van der Waals surface area contributed by atoms with Gasteiger partial charge in [0.25, 0.3) is 5.69 Å². The summed E-state index contributed by atoms with van der Waals surface area (Å²) in [4.78, 5) is 20.0. The lowest BCUT2D eigenvalue weighted by molar-refractivity contribution is -0.384. The van der Waals surface area contributed by atoms with Gasteiger partial charge in [0.15, 0.2) is 0 Å². The molecule has 4 rings (SSSR count). The van der Waals surface area contributed by atoms with Crippen LogP contribution < -0.4 is 0 Å². The predicted octanol–water partition coefficient (Wildman–Crippen LogP) is 4.09. The van der Waals surface area contributed by atoms with Gasteiger partial charge in [0.05, 0.1) is 28.6 Å². The summed E-state index contributed by atoms with van der Waals surface area (Å²) in [6, 6.07) is 12.1. The average molecular weight is 353 g/mol. The minimum absolute atomic E-state index is 0.0128. The average Bonchev–Trinajstić information content (AvgIpc) is 2.90. The van der Waals surface area contributed by atoms with E-state index in [-0.39, 0.29) is 5.69 Å². The van der Waals surface area contributed by atoms with Crippen LogP contribution in [-0.2, 0) is 6.54 Å². The molecule has 0 bridgehead atoms. The SMILES string of the molecule is Cc1cn2c(n1)CN=C(c1ccccc1Cl)c1cc([N+](=O)[O-])ccc1-2. The van der Waals surface area contributed by atoms with Crippen molar-refractivity contribution in [2.75, 3.05) is 0 Å². The van der Waals surface area contributed by atoms with Gasteiger partial charge in [0.1, 0.15) is 5.82 Å². The Morgan fingerprint density at radius 3 is 2.76 bits per heavy atom. The van der Waals surface area contributed by atoms with Crippen molar-refractivity contribution >= 4 is 23.0 Å². The number of hydrogen-bond acceptors (Lipinski definition) is 4. The molecule has 0 saturated carbocycles. The van der Waals surface area contributed by atoms with E-state index in [1.165, 1.54) is 6.07 Å². The molecule has 1 aliphatic rings. The van der Waals surface area contributed by atoms with Crippen LogP contribution in [0, 0.1) is 17.0 Å². The molecule has 0 aliphatic carbocycles. The zero-order chi connectivity index (χ0) is 17.6. The maximum Gasteiger partial charge on any atom is 0.270 e. The summed E-state index contributed by atoms with van der Waals surface area (Å²) in [7, 11) is 0. The molecule has 2 heterocycles. The van der Waals surface area contributed by atoms with Crippen LogP contribution in [-0.4, -0.2) is 20.2 Å². The third-order valence-corrected chi connectivity index (χ3v) is 4.44. The molecule has 0 unspecified atom stereocenters. The molecule has 6 nitrogen and oxygen atoms in total. The Morgan fingerprint density at radius 2 is 2.00 bits per heavy atom.